The van der Waals surface area contributed by atoms with E-state index in [0.29, 0.717) is 28.1 Å². The van der Waals surface area contributed by atoms with E-state index in [4.69, 9.17) is 10.2 Å². The van der Waals surface area contributed by atoms with Crippen LogP contribution in [0.2, 0.25) is 0 Å². The fraction of sp³-hybridized carbons (Fsp3) is 0.0800. The van der Waals surface area contributed by atoms with Gasteiger partial charge in [-0.05, 0) is 53.1 Å². The highest BCUT2D eigenvalue weighted by molar-refractivity contribution is 7.12. The number of aliphatic carboxylic acids is 1. The third-order valence-electron chi connectivity index (χ3n) is 4.86. The van der Waals surface area contributed by atoms with Crippen molar-refractivity contribution >= 4 is 17.3 Å². The largest absolute Gasteiger partial charge is 0.481 e. The molecule has 1 aromatic heterocycles. The molecule has 0 radical (unpaired) electrons. The smallest absolute Gasteiger partial charge is 0.308 e. The Morgan fingerprint density at radius 3 is 2.35 bits per heavy atom. The number of aromatic nitrogens is 1. The molecule has 0 aliphatic heterocycles. The van der Waals surface area contributed by atoms with Crippen LogP contribution in [0.4, 0.5) is 4.39 Å². The van der Waals surface area contributed by atoms with Crippen LogP contribution in [-0.4, -0.2) is 16.1 Å². The van der Waals surface area contributed by atoms with Crippen LogP contribution in [0.25, 0.3) is 22.4 Å². The number of thiazole rings is 1. The molecule has 4 aromatic rings. The average molecular weight is 428 g/mol. The van der Waals surface area contributed by atoms with Crippen molar-refractivity contribution in [2.24, 2.45) is 0 Å². The summed E-state index contributed by atoms with van der Waals surface area (Å²) in [5.74, 6) is -1.29. The molecule has 31 heavy (non-hydrogen) atoms. The van der Waals surface area contributed by atoms with Gasteiger partial charge in [0.1, 0.15) is 5.82 Å². The number of carboxylic acids is 1. The van der Waals surface area contributed by atoms with Crippen molar-refractivity contribution < 1.29 is 14.3 Å². The molecule has 0 bridgehead atoms. The normalized spacial score (nSPS) is 10.6. The van der Waals surface area contributed by atoms with Crippen LogP contribution in [0.5, 0.6) is 0 Å². The van der Waals surface area contributed by atoms with Gasteiger partial charge in [-0.25, -0.2) is 9.37 Å². The Balaban J connectivity index is 1.71. The second-order valence-electron chi connectivity index (χ2n) is 6.98. The second kappa shape index (κ2) is 8.90. The lowest BCUT2D eigenvalue weighted by Crippen LogP contribution is -1.99. The van der Waals surface area contributed by atoms with E-state index in [0.717, 1.165) is 21.7 Å². The minimum Gasteiger partial charge on any atom is -0.481 e. The fourth-order valence-corrected chi connectivity index (χ4v) is 4.51. The predicted molar refractivity (Wildman–Crippen MR) is 118 cm³/mol. The highest BCUT2D eigenvalue weighted by Gasteiger charge is 2.17. The molecule has 0 saturated heterocycles. The molecular formula is C25H17FN2O2S. The lowest BCUT2D eigenvalue weighted by Gasteiger charge is -2.08. The van der Waals surface area contributed by atoms with Crippen molar-refractivity contribution in [1.82, 2.24) is 4.98 Å². The van der Waals surface area contributed by atoms with E-state index < -0.39 is 5.97 Å². The summed E-state index contributed by atoms with van der Waals surface area (Å²) in [7, 11) is 0. The maximum Gasteiger partial charge on any atom is 0.308 e. The monoisotopic (exact) mass is 428 g/mol. The first kappa shape index (κ1) is 20.5. The minimum atomic E-state index is -0.934. The maximum absolute atomic E-state index is 13.3. The van der Waals surface area contributed by atoms with Crippen molar-refractivity contribution in [2.45, 2.75) is 12.8 Å². The number of halogens is 1. The number of nitrogens with zero attached hydrogens (tertiary/aromatic N) is 2. The van der Waals surface area contributed by atoms with Gasteiger partial charge in [0.05, 0.1) is 28.8 Å². The first-order valence-corrected chi connectivity index (χ1v) is 10.4. The lowest BCUT2D eigenvalue weighted by atomic mass is 9.97. The van der Waals surface area contributed by atoms with Gasteiger partial charge in [0, 0.05) is 16.9 Å². The summed E-state index contributed by atoms with van der Waals surface area (Å²) in [4.78, 5) is 16.7. The van der Waals surface area contributed by atoms with Crippen LogP contribution in [0.3, 0.4) is 0 Å². The fourth-order valence-electron chi connectivity index (χ4n) is 3.41. The van der Waals surface area contributed by atoms with Crippen LogP contribution < -0.4 is 0 Å². The number of benzene rings is 3. The summed E-state index contributed by atoms with van der Waals surface area (Å²) < 4.78 is 13.3. The summed E-state index contributed by atoms with van der Waals surface area (Å²) >= 11 is 1.36. The molecule has 0 unspecified atom stereocenters. The molecule has 1 N–H and O–H groups in total. The van der Waals surface area contributed by atoms with Crippen LogP contribution in [-0.2, 0) is 17.6 Å². The standard InChI is InChI=1S/C25H17FN2O2S/c26-20-11-9-18(10-12-20)25-22(14-24(29)30)31-23(28-25)13-19-3-1-2-4-21(19)17-7-5-16(15-27)6-8-17/h1-12H,13-14H2,(H,29,30). The Kier molecular flexibility index (Phi) is 5.87. The summed E-state index contributed by atoms with van der Waals surface area (Å²) in [6.45, 7) is 0. The van der Waals surface area contributed by atoms with Crippen LogP contribution in [0.15, 0.2) is 72.8 Å². The molecule has 1 heterocycles. The van der Waals surface area contributed by atoms with E-state index in [1.807, 2.05) is 36.4 Å². The van der Waals surface area contributed by atoms with E-state index in [-0.39, 0.29) is 12.2 Å². The predicted octanol–water partition coefficient (Wildman–Crippen LogP) is 5.71. The van der Waals surface area contributed by atoms with Gasteiger partial charge < -0.3 is 5.11 Å². The number of hydrogen-bond acceptors (Lipinski definition) is 4. The molecule has 152 valence electrons. The number of rotatable bonds is 6. The molecule has 3 aromatic carbocycles. The van der Waals surface area contributed by atoms with Gasteiger partial charge in [-0.3, -0.25) is 4.79 Å². The molecule has 0 atom stereocenters. The third kappa shape index (κ3) is 4.68. The van der Waals surface area contributed by atoms with Gasteiger partial charge >= 0.3 is 5.97 Å². The van der Waals surface area contributed by atoms with E-state index >= 15 is 0 Å². The number of carbonyl (C=O) groups is 1. The molecule has 4 nitrogen and oxygen atoms in total. The van der Waals surface area contributed by atoms with Gasteiger partial charge in [0.15, 0.2) is 0 Å². The third-order valence-corrected chi connectivity index (χ3v) is 5.91. The van der Waals surface area contributed by atoms with Crippen molar-refractivity contribution in [2.75, 3.05) is 0 Å². The molecule has 0 saturated carbocycles. The second-order valence-corrected chi connectivity index (χ2v) is 8.15. The zero-order chi connectivity index (χ0) is 21.8. The Hall–Kier alpha value is -3.82. The highest BCUT2D eigenvalue weighted by Crippen LogP contribution is 2.32. The molecule has 4 rings (SSSR count). The number of hydrogen-bond donors (Lipinski definition) is 1. The number of carboxylic acid groups (broad SMARTS) is 1. The Morgan fingerprint density at radius 1 is 1.00 bits per heavy atom. The first-order chi connectivity index (χ1) is 15.0. The Bertz CT molecular complexity index is 1270. The molecule has 0 spiro atoms. The molecule has 0 aliphatic rings. The van der Waals surface area contributed by atoms with Gasteiger partial charge in [-0.1, -0.05) is 36.4 Å². The topological polar surface area (TPSA) is 74.0 Å². The number of nitriles is 1. The molecule has 0 amide bonds. The lowest BCUT2D eigenvalue weighted by molar-refractivity contribution is -0.136. The zero-order valence-electron chi connectivity index (χ0n) is 16.4. The Morgan fingerprint density at radius 2 is 1.68 bits per heavy atom. The summed E-state index contributed by atoms with van der Waals surface area (Å²) in [5.41, 5.74) is 4.96. The first-order valence-electron chi connectivity index (χ1n) is 9.58. The van der Waals surface area contributed by atoms with Crippen molar-refractivity contribution in [3.8, 4) is 28.5 Å². The Labute approximate surface area is 182 Å². The van der Waals surface area contributed by atoms with Gasteiger partial charge in [0.25, 0.3) is 0 Å². The maximum atomic E-state index is 13.3. The van der Waals surface area contributed by atoms with Crippen molar-refractivity contribution in [3.05, 3.63) is 99.6 Å². The summed E-state index contributed by atoms with van der Waals surface area (Å²) in [6, 6.07) is 23.4. The van der Waals surface area contributed by atoms with Crippen LogP contribution >= 0.6 is 11.3 Å². The van der Waals surface area contributed by atoms with E-state index in [1.165, 1.54) is 23.5 Å². The molecular weight excluding hydrogens is 411 g/mol. The van der Waals surface area contributed by atoms with E-state index in [9.17, 15) is 14.3 Å². The van der Waals surface area contributed by atoms with Crippen molar-refractivity contribution in [1.29, 1.82) is 5.26 Å². The van der Waals surface area contributed by atoms with E-state index in [2.05, 4.69) is 6.07 Å². The van der Waals surface area contributed by atoms with Gasteiger partial charge in [-0.15, -0.1) is 11.3 Å². The molecule has 0 fully saturated rings. The summed E-state index contributed by atoms with van der Waals surface area (Å²) in [6.07, 6.45) is 0.399. The quantitative estimate of drug-likeness (QED) is 0.427. The van der Waals surface area contributed by atoms with E-state index in [1.54, 1.807) is 24.3 Å². The highest BCUT2D eigenvalue weighted by atomic mass is 32.1. The van der Waals surface area contributed by atoms with Gasteiger partial charge in [0.2, 0.25) is 0 Å². The van der Waals surface area contributed by atoms with Crippen LogP contribution in [0.1, 0.15) is 21.0 Å². The SMILES string of the molecule is N#Cc1ccc(-c2ccccc2Cc2nc(-c3ccc(F)cc3)c(CC(=O)O)s2)cc1. The van der Waals surface area contributed by atoms with Gasteiger partial charge in [-0.2, -0.15) is 5.26 Å². The molecule has 0 aliphatic carbocycles. The van der Waals surface area contributed by atoms with Crippen LogP contribution in [0, 0.1) is 17.1 Å². The zero-order valence-corrected chi connectivity index (χ0v) is 17.2. The summed E-state index contributed by atoms with van der Waals surface area (Å²) in [5, 5.41) is 19.1. The average Bonchev–Trinajstić information content (AvgIpc) is 3.16. The minimum absolute atomic E-state index is 0.137. The molecule has 6 heteroatoms. The van der Waals surface area contributed by atoms with Crippen molar-refractivity contribution in [3.63, 3.8) is 0 Å².